The zero-order valence-corrected chi connectivity index (χ0v) is 11.5. The van der Waals surface area contributed by atoms with Gasteiger partial charge in [-0.1, -0.05) is 37.6 Å². The Morgan fingerprint density at radius 3 is 2.50 bits per heavy atom. The van der Waals surface area contributed by atoms with E-state index in [-0.39, 0.29) is 5.56 Å². The summed E-state index contributed by atoms with van der Waals surface area (Å²) in [5, 5.41) is 8.93. The second-order valence-electron chi connectivity index (χ2n) is 4.69. The summed E-state index contributed by atoms with van der Waals surface area (Å²) in [5.41, 5.74) is 2.43. The van der Waals surface area contributed by atoms with Crippen LogP contribution in [-0.4, -0.2) is 11.1 Å². The fraction of sp³-hybridized carbons (Fsp3) is 0.235. The average molecular weight is 270 g/mol. The third-order valence-electron chi connectivity index (χ3n) is 3.04. The third-order valence-corrected chi connectivity index (χ3v) is 3.04. The molecule has 0 aliphatic rings. The van der Waals surface area contributed by atoms with Crippen molar-refractivity contribution < 1.29 is 14.6 Å². The number of rotatable bonds is 6. The fourth-order valence-electron chi connectivity index (χ4n) is 2.00. The zero-order valence-electron chi connectivity index (χ0n) is 11.5. The highest BCUT2D eigenvalue weighted by Crippen LogP contribution is 2.15. The van der Waals surface area contributed by atoms with Crippen LogP contribution in [0.3, 0.4) is 0 Å². The summed E-state index contributed by atoms with van der Waals surface area (Å²) >= 11 is 0. The molecule has 0 bridgehead atoms. The number of carbonyl (C=O) groups is 1. The van der Waals surface area contributed by atoms with Crippen LogP contribution in [0.25, 0.3) is 0 Å². The van der Waals surface area contributed by atoms with Crippen LogP contribution in [0.2, 0.25) is 0 Å². The zero-order chi connectivity index (χ0) is 14.4. The van der Waals surface area contributed by atoms with Gasteiger partial charge in [0.15, 0.2) is 0 Å². The Hall–Kier alpha value is -2.29. The fourth-order valence-corrected chi connectivity index (χ4v) is 2.00. The maximum Gasteiger partial charge on any atom is 0.335 e. The summed E-state index contributed by atoms with van der Waals surface area (Å²) in [5.74, 6) is -0.124. The van der Waals surface area contributed by atoms with Gasteiger partial charge in [-0.25, -0.2) is 4.79 Å². The van der Waals surface area contributed by atoms with E-state index in [1.807, 2.05) is 18.2 Å². The van der Waals surface area contributed by atoms with Crippen LogP contribution in [0.15, 0.2) is 48.5 Å². The van der Waals surface area contributed by atoms with Gasteiger partial charge in [0, 0.05) is 0 Å². The van der Waals surface area contributed by atoms with Crippen molar-refractivity contribution in [2.24, 2.45) is 0 Å². The molecule has 1 N–H and O–H groups in total. The summed E-state index contributed by atoms with van der Waals surface area (Å²) < 4.78 is 5.67. The van der Waals surface area contributed by atoms with Crippen LogP contribution < -0.4 is 4.74 Å². The lowest BCUT2D eigenvalue weighted by Crippen LogP contribution is -2.00. The quantitative estimate of drug-likeness (QED) is 0.865. The molecule has 0 radical (unpaired) electrons. The molecule has 104 valence electrons. The highest BCUT2D eigenvalue weighted by molar-refractivity contribution is 5.87. The molecular weight excluding hydrogens is 252 g/mol. The van der Waals surface area contributed by atoms with E-state index >= 15 is 0 Å². The molecule has 0 spiro atoms. The maximum absolute atomic E-state index is 10.9. The van der Waals surface area contributed by atoms with Crippen molar-refractivity contribution in [2.75, 3.05) is 0 Å². The first-order valence-corrected chi connectivity index (χ1v) is 6.73. The first-order valence-electron chi connectivity index (χ1n) is 6.73. The van der Waals surface area contributed by atoms with Crippen molar-refractivity contribution in [1.82, 2.24) is 0 Å². The summed E-state index contributed by atoms with van der Waals surface area (Å²) in [6.45, 7) is 2.52. The van der Waals surface area contributed by atoms with E-state index in [1.54, 1.807) is 18.2 Å². The molecule has 0 aromatic heterocycles. The molecule has 0 heterocycles. The summed E-state index contributed by atoms with van der Waals surface area (Å²) in [6.07, 6.45) is 2.20. The molecule has 0 aliphatic heterocycles. The molecule has 0 atom stereocenters. The lowest BCUT2D eigenvalue weighted by molar-refractivity contribution is 0.0696. The van der Waals surface area contributed by atoms with Crippen molar-refractivity contribution >= 4 is 5.97 Å². The van der Waals surface area contributed by atoms with Crippen molar-refractivity contribution in [3.05, 3.63) is 65.2 Å². The number of hydrogen-bond acceptors (Lipinski definition) is 2. The second-order valence-corrected chi connectivity index (χ2v) is 4.69. The Bertz CT molecular complexity index is 573. The molecule has 2 aromatic rings. The van der Waals surface area contributed by atoms with Gasteiger partial charge in [0.25, 0.3) is 0 Å². The van der Waals surface area contributed by atoms with Crippen LogP contribution in [0.1, 0.15) is 34.8 Å². The maximum atomic E-state index is 10.9. The topological polar surface area (TPSA) is 46.5 Å². The molecule has 0 amide bonds. The van der Waals surface area contributed by atoms with E-state index in [4.69, 9.17) is 9.84 Å². The van der Waals surface area contributed by atoms with Crippen molar-refractivity contribution in [3.8, 4) is 5.75 Å². The van der Waals surface area contributed by atoms with E-state index in [0.29, 0.717) is 6.61 Å². The minimum Gasteiger partial charge on any atom is -0.489 e. The Kier molecular flexibility index (Phi) is 4.77. The molecule has 0 saturated carbocycles. The molecule has 2 rings (SSSR count). The van der Waals surface area contributed by atoms with Gasteiger partial charge in [0.05, 0.1) is 5.56 Å². The Morgan fingerprint density at radius 2 is 1.85 bits per heavy atom. The van der Waals surface area contributed by atoms with E-state index in [2.05, 4.69) is 19.1 Å². The molecule has 20 heavy (non-hydrogen) atoms. The largest absolute Gasteiger partial charge is 0.489 e. The predicted molar refractivity (Wildman–Crippen MR) is 78.2 cm³/mol. The summed E-state index contributed by atoms with van der Waals surface area (Å²) in [4.78, 5) is 10.9. The van der Waals surface area contributed by atoms with Crippen molar-refractivity contribution in [1.29, 1.82) is 0 Å². The molecule has 0 fully saturated rings. The standard InChI is InChI=1S/C17H18O3/c1-2-4-13-7-9-16(10-8-13)20-12-14-5-3-6-15(11-14)17(18)19/h3,5-11H,2,4,12H2,1H3,(H,18,19). The highest BCUT2D eigenvalue weighted by atomic mass is 16.5. The number of hydrogen-bond donors (Lipinski definition) is 1. The van der Waals surface area contributed by atoms with Gasteiger partial charge in [-0.15, -0.1) is 0 Å². The smallest absolute Gasteiger partial charge is 0.335 e. The molecule has 0 unspecified atom stereocenters. The van der Waals surface area contributed by atoms with Crippen LogP contribution >= 0.6 is 0 Å². The molecule has 3 nitrogen and oxygen atoms in total. The Labute approximate surface area is 118 Å². The minimum absolute atomic E-state index is 0.282. The van der Waals surface area contributed by atoms with Crippen molar-refractivity contribution in [2.45, 2.75) is 26.4 Å². The number of aryl methyl sites for hydroxylation is 1. The lowest BCUT2D eigenvalue weighted by atomic mass is 10.1. The van der Waals surface area contributed by atoms with E-state index < -0.39 is 5.97 Å². The van der Waals surface area contributed by atoms with Gasteiger partial charge < -0.3 is 9.84 Å². The molecule has 0 saturated heterocycles. The van der Waals surface area contributed by atoms with E-state index in [0.717, 1.165) is 24.2 Å². The Balaban J connectivity index is 1.97. The normalized spacial score (nSPS) is 10.2. The number of carboxylic acids is 1. The van der Waals surface area contributed by atoms with Crippen LogP contribution in [-0.2, 0) is 13.0 Å². The van der Waals surface area contributed by atoms with Crippen LogP contribution in [0.4, 0.5) is 0 Å². The first kappa shape index (κ1) is 14.1. The molecule has 0 aliphatic carbocycles. The molecule has 3 heteroatoms. The lowest BCUT2D eigenvalue weighted by Gasteiger charge is -2.07. The molecule has 2 aromatic carbocycles. The second kappa shape index (κ2) is 6.75. The number of ether oxygens (including phenoxy) is 1. The molecular formula is C17H18O3. The van der Waals surface area contributed by atoms with Gasteiger partial charge in [-0.05, 0) is 41.8 Å². The predicted octanol–water partition coefficient (Wildman–Crippen LogP) is 3.92. The summed E-state index contributed by atoms with van der Waals surface area (Å²) in [7, 11) is 0. The minimum atomic E-state index is -0.921. The van der Waals surface area contributed by atoms with Crippen LogP contribution in [0.5, 0.6) is 5.75 Å². The SMILES string of the molecule is CCCc1ccc(OCc2cccc(C(=O)O)c2)cc1. The van der Waals surface area contributed by atoms with E-state index in [9.17, 15) is 4.79 Å². The van der Waals surface area contributed by atoms with Gasteiger partial charge >= 0.3 is 5.97 Å². The first-order chi connectivity index (χ1) is 9.69. The van der Waals surface area contributed by atoms with Gasteiger partial charge in [0.1, 0.15) is 12.4 Å². The monoisotopic (exact) mass is 270 g/mol. The highest BCUT2D eigenvalue weighted by Gasteiger charge is 2.03. The van der Waals surface area contributed by atoms with Gasteiger partial charge in [0.2, 0.25) is 0 Å². The average Bonchev–Trinajstić information content (AvgIpc) is 2.47. The number of aromatic carboxylic acids is 1. The van der Waals surface area contributed by atoms with Crippen LogP contribution in [0, 0.1) is 0 Å². The van der Waals surface area contributed by atoms with Crippen molar-refractivity contribution in [3.63, 3.8) is 0 Å². The Morgan fingerprint density at radius 1 is 1.10 bits per heavy atom. The van der Waals surface area contributed by atoms with Gasteiger partial charge in [-0.2, -0.15) is 0 Å². The summed E-state index contributed by atoms with van der Waals surface area (Å²) in [6, 6.07) is 14.8. The van der Waals surface area contributed by atoms with E-state index in [1.165, 1.54) is 5.56 Å². The van der Waals surface area contributed by atoms with Gasteiger partial charge in [-0.3, -0.25) is 0 Å². The number of benzene rings is 2. The third kappa shape index (κ3) is 3.85. The number of carboxylic acid groups (broad SMARTS) is 1.